The van der Waals surface area contributed by atoms with Gasteiger partial charge >= 0.3 is 0 Å². The van der Waals surface area contributed by atoms with E-state index < -0.39 is 10.0 Å². The van der Waals surface area contributed by atoms with Gasteiger partial charge in [0.1, 0.15) is 5.82 Å². The summed E-state index contributed by atoms with van der Waals surface area (Å²) in [5, 5.41) is 3.15. The van der Waals surface area contributed by atoms with E-state index in [4.69, 9.17) is 0 Å². The molecule has 18 heavy (non-hydrogen) atoms. The minimum Gasteiger partial charge on any atom is -0.369 e. The molecule has 1 rings (SSSR count). The number of aryl methyl sites for hydroxylation is 1. The Bertz CT molecular complexity index is 476. The molecule has 0 atom stereocenters. The average molecular weight is 272 g/mol. The topological polar surface area (TPSA) is 75.2 Å². The van der Waals surface area contributed by atoms with E-state index in [0.29, 0.717) is 19.6 Å². The standard InChI is InChI=1S/C11H20N4O2S/c1-4-15(18(3,16)17)9-5-6-13-11-10(2)12-7-8-14-11/h7-8H,4-6,9H2,1-3H3,(H,13,14). The molecule has 1 aromatic rings. The van der Waals surface area contributed by atoms with Crippen molar-refractivity contribution in [2.75, 3.05) is 31.2 Å². The molecule has 6 nitrogen and oxygen atoms in total. The molecule has 0 aliphatic heterocycles. The summed E-state index contributed by atoms with van der Waals surface area (Å²) in [5.41, 5.74) is 0.841. The Hall–Kier alpha value is -1.21. The molecule has 0 saturated heterocycles. The summed E-state index contributed by atoms with van der Waals surface area (Å²) < 4.78 is 24.2. The molecule has 1 N–H and O–H groups in total. The molecule has 0 spiro atoms. The van der Waals surface area contributed by atoms with E-state index in [0.717, 1.165) is 17.9 Å². The van der Waals surface area contributed by atoms with Crippen molar-refractivity contribution in [2.45, 2.75) is 20.3 Å². The van der Waals surface area contributed by atoms with Gasteiger partial charge in [-0.05, 0) is 13.3 Å². The normalized spacial score (nSPS) is 11.8. The van der Waals surface area contributed by atoms with Gasteiger partial charge in [-0.1, -0.05) is 6.92 Å². The van der Waals surface area contributed by atoms with Crippen molar-refractivity contribution in [1.82, 2.24) is 14.3 Å². The van der Waals surface area contributed by atoms with Crippen molar-refractivity contribution in [2.24, 2.45) is 0 Å². The highest BCUT2D eigenvalue weighted by Crippen LogP contribution is 2.06. The summed E-state index contributed by atoms with van der Waals surface area (Å²) in [6, 6.07) is 0. The van der Waals surface area contributed by atoms with Crippen LogP contribution in [0.25, 0.3) is 0 Å². The molecule has 0 fully saturated rings. The summed E-state index contributed by atoms with van der Waals surface area (Å²) in [4.78, 5) is 8.28. The van der Waals surface area contributed by atoms with Crippen LogP contribution >= 0.6 is 0 Å². The minimum atomic E-state index is -3.09. The zero-order chi connectivity index (χ0) is 13.6. The quantitative estimate of drug-likeness (QED) is 0.745. The van der Waals surface area contributed by atoms with Crippen LogP contribution in [0.3, 0.4) is 0 Å². The Labute approximate surface area is 108 Å². The summed E-state index contributed by atoms with van der Waals surface area (Å²) in [6.45, 7) is 5.40. The van der Waals surface area contributed by atoms with Crippen molar-refractivity contribution in [3.8, 4) is 0 Å². The molecular weight excluding hydrogens is 252 g/mol. The number of aromatic nitrogens is 2. The van der Waals surface area contributed by atoms with E-state index in [1.54, 1.807) is 12.4 Å². The third kappa shape index (κ3) is 4.58. The Morgan fingerprint density at radius 2 is 2.00 bits per heavy atom. The SMILES string of the molecule is CCN(CCCNc1nccnc1C)S(C)(=O)=O. The van der Waals surface area contributed by atoms with Crippen LogP contribution in [0.1, 0.15) is 19.0 Å². The number of anilines is 1. The minimum absolute atomic E-state index is 0.503. The van der Waals surface area contributed by atoms with Crippen molar-refractivity contribution < 1.29 is 8.42 Å². The van der Waals surface area contributed by atoms with E-state index in [2.05, 4.69) is 15.3 Å². The molecule has 0 unspecified atom stereocenters. The van der Waals surface area contributed by atoms with Gasteiger partial charge in [-0.25, -0.2) is 17.7 Å². The molecule has 0 aliphatic rings. The van der Waals surface area contributed by atoms with Crippen LogP contribution in [0.5, 0.6) is 0 Å². The number of rotatable bonds is 7. The molecule has 0 amide bonds. The fourth-order valence-corrected chi connectivity index (χ4v) is 2.53. The largest absolute Gasteiger partial charge is 0.369 e. The van der Waals surface area contributed by atoms with Gasteiger partial charge in [0.15, 0.2) is 0 Å². The van der Waals surface area contributed by atoms with Crippen LogP contribution in [-0.2, 0) is 10.0 Å². The second-order valence-electron chi connectivity index (χ2n) is 4.03. The number of sulfonamides is 1. The van der Waals surface area contributed by atoms with E-state index in [1.165, 1.54) is 10.6 Å². The van der Waals surface area contributed by atoms with Gasteiger partial charge in [0.05, 0.1) is 11.9 Å². The lowest BCUT2D eigenvalue weighted by molar-refractivity contribution is 0.428. The Balaban J connectivity index is 2.37. The first-order chi connectivity index (χ1) is 8.45. The maximum absolute atomic E-state index is 11.4. The van der Waals surface area contributed by atoms with Crippen LogP contribution in [-0.4, -0.2) is 48.6 Å². The number of hydrogen-bond donors (Lipinski definition) is 1. The first-order valence-corrected chi connectivity index (χ1v) is 7.76. The lowest BCUT2D eigenvalue weighted by Crippen LogP contribution is -2.31. The maximum Gasteiger partial charge on any atom is 0.211 e. The molecule has 1 heterocycles. The fraction of sp³-hybridized carbons (Fsp3) is 0.636. The Kier molecular flexibility index (Phi) is 5.49. The second-order valence-corrected chi connectivity index (χ2v) is 6.01. The summed E-state index contributed by atoms with van der Waals surface area (Å²) in [5.74, 6) is 0.750. The highest BCUT2D eigenvalue weighted by Gasteiger charge is 2.13. The van der Waals surface area contributed by atoms with Crippen molar-refractivity contribution in [1.29, 1.82) is 0 Å². The predicted molar refractivity (Wildman–Crippen MR) is 72.0 cm³/mol. The molecule has 0 aromatic carbocycles. The molecule has 0 bridgehead atoms. The van der Waals surface area contributed by atoms with Gasteiger partial charge in [0.25, 0.3) is 0 Å². The monoisotopic (exact) mass is 272 g/mol. The smallest absolute Gasteiger partial charge is 0.211 e. The van der Waals surface area contributed by atoms with Gasteiger partial charge in [0, 0.05) is 32.0 Å². The van der Waals surface area contributed by atoms with Gasteiger partial charge in [-0.2, -0.15) is 0 Å². The average Bonchev–Trinajstić information content (AvgIpc) is 2.29. The number of hydrogen-bond acceptors (Lipinski definition) is 5. The third-order valence-electron chi connectivity index (χ3n) is 2.58. The van der Waals surface area contributed by atoms with Crippen molar-refractivity contribution in [3.63, 3.8) is 0 Å². The Morgan fingerprint density at radius 1 is 1.33 bits per heavy atom. The van der Waals surface area contributed by atoms with E-state index in [1.807, 2.05) is 13.8 Å². The number of nitrogens with zero attached hydrogens (tertiary/aromatic N) is 3. The van der Waals surface area contributed by atoms with Crippen LogP contribution in [0.4, 0.5) is 5.82 Å². The van der Waals surface area contributed by atoms with E-state index in [9.17, 15) is 8.42 Å². The van der Waals surface area contributed by atoms with Crippen molar-refractivity contribution in [3.05, 3.63) is 18.1 Å². The molecule has 7 heteroatoms. The fourth-order valence-electron chi connectivity index (χ4n) is 1.60. The molecular formula is C11H20N4O2S. The highest BCUT2D eigenvalue weighted by molar-refractivity contribution is 7.88. The summed E-state index contributed by atoms with van der Waals surface area (Å²) in [6.07, 6.45) is 5.24. The summed E-state index contributed by atoms with van der Waals surface area (Å²) in [7, 11) is -3.09. The predicted octanol–water partition coefficient (Wildman–Crippen LogP) is 0.869. The summed E-state index contributed by atoms with van der Waals surface area (Å²) >= 11 is 0. The second kappa shape index (κ2) is 6.65. The molecule has 0 saturated carbocycles. The zero-order valence-corrected chi connectivity index (χ0v) is 11.9. The zero-order valence-electron chi connectivity index (χ0n) is 11.0. The lowest BCUT2D eigenvalue weighted by Gasteiger charge is -2.17. The molecule has 102 valence electrons. The first-order valence-electron chi connectivity index (χ1n) is 5.91. The first kappa shape index (κ1) is 14.8. The van der Waals surface area contributed by atoms with Crippen LogP contribution in [0.2, 0.25) is 0 Å². The van der Waals surface area contributed by atoms with Gasteiger partial charge in [-0.3, -0.25) is 4.98 Å². The number of nitrogens with one attached hydrogen (secondary N) is 1. The molecule has 0 aliphatic carbocycles. The van der Waals surface area contributed by atoms with Gasteiger partial charge in [0.2, 0.25) is 10.0 Å². The van der Waals surface area contributed by atoms with Crippen molar-refractivity contribution >= 4 is 15.8 Å². The van der Waals surface area contributed by atoms with Crippen LogP contribution < -0.4 is 5.32 Å². The van der Waals surface area contributed by atoms with Gasteiger partial charge < -0.3 is 5.32 Å². The van der Waals surface area contributed by atoms with Crippen LogP contribution in [0, 0.1) is 6.92 Å². The molecule has 0 radical (unpaired) electrons. The maximum atomic E-state index is 11.4. The lowest BCUT2D eigenvalue weighted by atomic mass is 10.4. The third-order valence-corrected chi connectivity index (χ3v) is 3.96. The van der Waals surface area contributed by atoms with E-state index >= 15 is 0 Å². The highest BCUT2D eigenvalue weighted by atomic mass is 32.2. The van der Waals surface area contributed by atoms with Crippen LogP contribution in [0.15, 0.2) is 12.4 Å². The van der Waals surface area contributed by atoms with Gasteiger partial charge in [-0.15, -0.1) is 0 Å². The Morgan fingerprint density at radius 3 is 2.56 bits per heavy atom. The van der Waals surface area contributed by atoms with E-state index in [-0.39, 0.29) is 0 Å². The molecule has 1 aromatic heterocycles.